The number of ketones is 2. The monoisotopic (exact) mass is 724 g/mol. The molecule has 1 heterocycles. The van der Waals surface area contributed by atoms with Gasteiger partial charge >= 0.3 is 6.18 Å². The maximum absolute atomic E-state index is 13.6. The van der Waals surface area contributed by atoms with Gasteiger partial charge in [0.2, 0.25) is 0 Å². The van der Waals surface area contributed by atoms with Crippen molar-refractivity contribution in [1.29, 1.82) is 0 Å². The van der Waals surface area contributed by atoms with Crippen LogP contribution in [0.2, 0.25) is 10.0 Å². The number of hydrogen-bond acceptors (Lipinski definition) is 4. The van der Waals surface area contributed by atoms with E-state index in [1.54, 1.807) is 53.4 Å². The van der Waals surface area contributed by atoms with E-state index in [4.69, 9.17) is 23.2 Å². The molecule has 5 nitrogen and oxygen atoms in total. The summed E-state index contributed by atoms with van der Waals surface area (Å²) in [6, 6.07) is 14.9. The van der Waals surface area contributed by atoms with Crippen molar-refractivity contribution in [1.82, 2.24) is 0 Å². The van der Waals surface area contributed by atoms with Gasteiger partial charge in [-0.2, -0.15) is 13.2 Å². The number of piperidine rings is 1. The third kappa shape index (κ3) is 8.89. The van der Waals surface area contributed by atoms with Crippen LogP contribution in [0.15, 0.2) is 59.1 Å². The smallest absolute Gasteiger partial charge is 0.370 e. The number of halogens is 6. The second kappa shape index (κ2) is 14.3. The zero-order valence-electron chi connectivity index (χ0n) is 25.2. The van der Waals surface area contributed by atoms with Crippen molar-refractivity contribution in [2.45, 2.75) is 59.1 Å². The second-order valence-corrected chi connectivity index (χ2v) is 14.0. The SMILES string of the molecule is CC(C)(C)C(=O)CCc1ccc(Cl)c(C(=O)Cc2ccc(N3CCCC(C(F)(F)F)C3)c(C(=O)Nc3ccc(Br)cc3)c2)c1Cl. The van der Waals surface area contributed by atoms with E-state index in [1.807, 2.05) is 20.8 Å². The average molecular weight is 726 g/mol. The number of Topliss-reactive ketones (excluding diaryl/α,β-unsaturated/α-hetero) is 2. The normalized spacial score (nSPS) is 15.6. The molecule has 1 aliphatic rings. The number of nitrogens with one attached hydrogen (secondary N) is 1. The van der Waals surface area contributed by atoms with Crippen molar-refractivity contribution in [2.75, 3.05) is 23.3 Å². The highest BCUT2D eigenvalue weighted by Crippen LogP contribution is 2.37. The largest absolute Gasteiger partial charge is 0.393 e. The fourth-order valence-corrected chi connectivity index (χ4v) is 6.23. The molecular weight excluding hydrogens is 692 g/mol. The van der Waals surface area contributed by atoms with Gasteiger partial charge in [-0.05, 0) is 72.9 Å². The molecule has 1 unspecified atom stereocenters. The Kier molecular flexibility index (Phi) is 11.1. The lowest BCUT2D eigenvalue weighted by atomic mass is 9.87. The number of rotatable bonds is 9. The standard InChI is InChI=1S/C34H34BrCl2F3N2O3/c1-33(2,3)29(44)15-8-21-7-13-26(36)30(31(21)37)28(43)18-20-6-14-27(42-16-4-5-22(19-42)34(38,39)40)25(17-20)32(45)41-24-11-9-23(35)10-12-24/h6-7,9-14,17,22H,4-5,8,15-16,18-19H2,1-3H3,(H,41,45). The maximum Gasteiger partial charge on any atom is 0.393 e. The van der Waals surface area contributed by atoms with E-state index in [9.17, 15) is 27.6 Å². The van der Waals surface area contributed by atoms with Gasteiger partial charge in [-0.25, -0.2) is 0 Å². The Labute approximate surface area is 279 Å². The van der Waals surface area contributed by atoms with Gasteiger partial charge in [0, 0.05) is 47.2 Å². The van der Waals surface area contributed by atoms with E-state index in [-0.39, 0.29) is 52.8 Å². The molecule has 0 radical (unpaired) electrons. The van der Waals surface area contributed by atoms with Gasteiger partial charge in [-0.3, -0.25) is 14.4 Å². The van der Waals surface area contributed by atoms with E-state index in [0.29, 0.717) is 41.9 Å². The first-order chi connectivity index (χ1) is 21.0. The fraction of sp³-hybridized carbons (Fsp3) is 0.382. The highest BCUT2D eigenvalue weighted by Gasteiger charge is 2.42. The molecule has 3 aromatic carbocycles. The van der Waals surface area contributed by atoms with Crippen LogP contribution in [0.3, 0.4) is 0 Å². The van der Waals surface area contributed by atoms with Crippen LogP contribution in [-0.2, 0) is 17.6 Å². The predicted octanol–water partition coefficient (Wildman–Crippen LogP) is 9.76. The van der Waals surface area contributed by atoms with Crippen molar-refractivity contribution in [3.05, 3.63) is 91.4 Å². The average Bonchev–Trinajstić information content (AvgIpc) is 2.97. The molecule has 0 bridgehead atoms. The zero-order valence-corrected chi connectivity index (χ0v) is 28.3. The van der Waals surface area contributed by atoms with Gasteiger partial charge in [-0.1, -0.05) is 72.0 Å². The Balaban J connectivity index is 1.64. The van der Waals surface area contributed by atoms with Crippen LogP contribution in [0.25, 0.3) is 0 Å². The summed E-state index contributed by atoms with van der Waals surface area (Å²) in [5, 5.41) is 3.15. The third-order valence-corrected chi connectivity index (χ3v) is 9.18. The zero-order chi connectivity index (χ0) is 33.1. The van der Waals surface area contributed by atoms with E-state index >= 15 is 0 Å². The van der Waals surface area contributed by atoms with Gasteiger partial charge < -0.3 is 10.2 Å². The summed E-state index contributed by atoms with van der Waals surface area (Å²) in [5.41, 5.74) is 1.71. The van der Waals surface area contributed by atoms with Gasteiger partial charge in [0.25, 0.3) is 5.91 Å². The van der Waals surface area contributed by atoms with Gasteiger partial charge in [0.1, 0.15) is 5.78 Å². The summed E-state index contributed by atoms with van der Waals surface area (Å²) < 4.78 is 41.7. The number of carbonyl (C=O) groups is 3. The van der Waals surface area contributed by atoms with Crippen LogP contribution in [0, 0.1) is 11.3 Å². The van der Waals surface area contributed by atoms with E-state index in [1.165, 1.54) is 6.07 Å². The van der Waals surface area contributed by atoms with E-state index < -0.39 is 29.2 Å². The van der Waals surface area contributed by atoms with Crippen LogP contribution in [-0.4, -0.2) is 36.7 Å². The lowest BCUT2D eigenvalue weighted by Gasteiger charge is -2.36. The number of amides is 1. The van der Waals surface area contributed by atoms with Crippen LogP contribution >= 0.6 is 39.1 Å². The number of benzene rings is 3. The van der Waals surface area contributed by atoms with Crippen LogP contribution in [0.1, 0.15) is 71.9 Å². The molecule has 1 fully saturated rings. The van der Waals surface area contributed by atoms with Crippen LogP contribution < -0.4 is 10.2 Å². The summed E-state index contributed by atoms with van der Waals surface area (Å²) >= 11 is 16.4. The lowest BCUT2D eigenvalue weighted by Crippen LogP contribution is -2.42. The number of anilines is 2. The van der Waals surface area contributed by atoms with Crippen molar-refractivity contribution in [3.63, 3.8) is 0 Å². The first-order valence-corrected chi connectivity index (χ1v) is 16.1. The molecule has 4 rings (SSSR count). The number of carbonyl (C=O) groups excluding carboxylic acids is 3. The van der Waals surface area contributed by atoms with Crippen LogP contribution in [0.4, 0.5) is 24.5 Å². The highest BCUT2D eigenvalue weighted by molar-refractivity contribution is 9.10. The molecule has 0 saturated carbocycles. The summed E-state index contributed by atoms with van der Waals surface area (Å²) in [6.07, 6.45) is -3.56. The van der Waals surface area contributed by atoms with Crippen molar-refractivity contribution >= 4 is 68.0 Å². The lowest BCUT2D eigenvalue weighted by molar-refractivity contribution is -0.176. The summed E-state index contributed by atoms with van der Waals surface area (Å²) in [7, 11) is 0. The first kappa shape index (κ1) is 35.0. The highest BCUT2D eigenvalue weighted by atomic mass is 79.9. The third-order valence-electron chi connectivity index (χ3n) is 7.91. The molecule has 240 valence electrons. The molecule has 1 saturated heterocycles. The first-order valence-electron chi connectivity index (χ1n) is 14.6. The number of hydrogen-bond donors (Lipinski definition) is 1. The molecule has 11 heteroatoms. The molecule has 45 heavy (non-hydrogen) atoms. The molecule has 1 aliphatic heterocycles. The van der Waals surface area contributed by atoms with Gasteiger partial charge in [0.05, 0.1) is 27.1 Å². The number of alkyl halides is 3. The Hall–Kier alpha value is -2.88. The summed E-state index contributed by atoms with van der Waals surface area (Å²) in [4.78, 5) is 41.2. The molecule has 1 amide bonds. The maximum atomic E-state index is 13.6. The predicted molar refractivity (Wildman–Crippen MR) is 177 cm³/mol. The molecule has 0 spiro atoms. The van der Waals surface area contributed by atoms with Gasteiger partial charge in [-0.15, -0.1) is 0 Å². The molecular formula is C34H34BrCl2F3N2O3. The van der Waals surface area contributed by atoms with Crippen molar-refractivity contribution in [2.24, 2.45) is 11.3 Å². The second-order valence-electron chi connectivity index (χ2n) is 12.3. The van der Waals surface area contributed by atoms with Crippen molar-refractivity contribution in [3.8, 4) is 0 Å². The number of nitrogens with zero attached hydrogens (tertiary/aromatic N) is 1. The Morgan fingerprint density at radius 2 is 1.69 bits per heavy atom. The summed E-state index contributed by atoms with van der Waals surface area (Å²) in [6.45, 7) is 5.61. The number of aryl methyl sites for hydroxylation is 1. The van der Waals surface area contributed by atoms with Gasteiger partial charge in [0.15, 0.2) is 5.78 Å². The molecule has 0 aromatic heterocycles. The molecule has 1 atom stereocenters. The molecule has 1 N–H and O–H groups in total. The van der Waals surface area contributed by atoms with E-state index in [2.05, 4.69) is 21.2 Å². The molecule has 0 aliphatic carbocycles. The minimum absolute atomic E-state index is 0.0258. The minimum atomic E-state index is -4.35. The Morgan fingerprint density at radius 3 is 2.33 bits per heavy atom. The Bertz CT molecular complexity index is 1590. The fourth-order valence-electron chi connectivity index (χ4n) is 5.29. The Morgan fingerprint density at radius 1 is 1.00 bits per heavy atom. The minimum Gasteiger partial charge on any atom is -0.370 e. The van der Waals surface area contributed by atoms with Crippen LogP contribution in [0.5, 0.6) is 0 Å². The topological polar surface area (TPSA) is 66.5 Å². The summed E-state index contributed by atoms with van der Waals surface area (Å²) in [5.74, 6) is -2.36. The molecule has 3 aromatic rings. The quantitative estimate of drug-likeness (QED) is 0.223. The van der Waals surface area contributed by atoms with Crippen molar-refractivity contribution < 1.29 is 27.6 Å². The van der Waals surface area contributed by atoms with E-state index in [0.717, 1.165) is 4.47 Å².